The van der Waals surface area contributed by atoms with Gasteiger partial charge in [-0.2, -0.15) is 0 Å². The van der Waals surface area contributed by atoms with Gasteiger partial charge in [0.15, 0.2) is 9.84 Å². The summed E-state index contributed by atoms with van der Waals surface area (Å²) in [5.74, 6) is 0.862. The highest BCUT2D eigenvalue weighted by Crippen LogP contribution is 2.32. The van der Waals surface area contributed by atoms with Crippen molar-refractivity contribution in [3.63, 3.8) is 0 Å². The van der Waals surface area contributed by atoms with E-state index in [1.54, 1.807) is 0 Å². The molecule has 2 fully saturated rings. The first kappa shape index (κ1) is 7.55. The predicted octanol–water partition coefficient (Wildman–Crippen LogP) is -0.265. The van der Waals surface area contributed by atoms with Crippen molar-refractivity contribution in [1.29, 1.82) is 0 Å². The molecule has 0 saturated carbocycles. The minimum absolute atomic E-state index is 0.0347. The Morgan fingerprint density at radius 2 is 2.09 bits per heavy atom. The maximum Gasteiger partial charge on any atom is 0.154 e. The van der Waals surface area contributed by atoms with Gasteiger partial charge in [0, 0.05) is 13.1 Å². The Hall–Kier alpha value is -0.0900. The molecule has 0 spiro atoms. The predicted molar refractivity (Wildman–Crippen MR) is 43.2 cm³/mol. The summed E-state index contributed by atoms with van der Waals surface area (Å²) in [5.41, 5.74) is 0. The molecule has 2 atom stereocenters. The number of rotatable bonds is 0. The van der Waals surface area contributed by atoms with Crippen molar-refractivity contribution in [2.75, 3.05) is 25.9 Å². The van der Waals surface area contributed by atoms with Crippen molar-refractivity contribution in [3.05, 3.63) is 0 Å². The van der Waals surface area contributed by atoms with Crippen LogP contribution in [0.3, 0.4) is 0 Å². The lowest BCUT2D eigenvalue weighted by molar-refractivity contribution is 0.391. The third-order valence-electron chi connectivity index (χ3n) is 2.80. The molecular formula is C7H13NO2S. The van der Waals surface area contributed by atoms with Crippen LogP contribution in [0.4, 0.5) is 0 Å². The number of fused-ring (bicyclic) bond motifs is 1. The summed E-state index contributed by atoms with van der Waals surface area (Å²) in [7, 11) is -0.705. The van der Waals surface area contributed by atoms with Gasteiger partial charge in [0.2, 0.25) is 0 Å². The van der Waals surface area contributed by atoms with Crippen LogP contribution in [0.5, 0.6) is 0 Å². The number of likely N-dealkylation sites (tertiary alicyclic amines) is 1. The second kappa shape index (κ2) is 2.20. The molecule has 2 rings (SSSR count). The van der Waals surface area contributed by atoms with Crippen molar-refractivity contribution < 1.29 is 8.42 Å². The first-order chi connectivity index (χ1) is 5.09. The van der Waals surface area contributed by atoms with Crippen LogP contribution in [0.2, 0.25) is 0 Å². The van der Waals surface area contributed by atoms with Gasteiger partial charge in [-0.15, -0.1) is 0 Å². The summed E-state index contributed by atoms with van der Waals surface area (Å²) in [4.78, 5) is 2.12. The molecule has 3 nitrogen and oxygen atoms in total. The normalized spacial score (nSPS) is 42.6. The zero-order chi connectivity index (χ0) is 8.06. The second-order valence-corrected chi connectivity index (χ2v) is 6.01. The molecule has 0 radical (unpaired) electrons. The second-order valence-electron chi connectivity index (χ2n) is 3.68. The molecule has 0 bridgehead atoms. The van der Waals surface area contributed by atoms with Gasteiger partial charge < -0.3 is 4.90 Å². The van der Waals surface area contributed by atoms with Gasteiger partial charge in [0.25, 0.3) is 0 Å². The first-order valence-corrected chi connectivity index (χ1v) is 5.71. The van der Waals surface area contributed by atoms with E-state index >= 15 is 0 Å². The van der Waals surface area contributed by atoms with Gasteiger partial charge >= 0.3 is 0 Å². The average molecular weight is 175 g/mol. The van der Waals surface area contributed by atoms with Crippen LogP contribution >= 0.6 is 0 Å². The first-order valence-electron chi connectivity index (χ1n) is 4.00. The Balaban J connectivity index is 2.27. The maximum absolute atomic E-state index is 11.4. The molecule has 2 aliphatic rings. The van der Waals surface area contributed by atoms with Crippen LogP contribution in [-0.4, -0.2) is 44.5 Å². The van der Waals surface area contributed by atoms with E-state index < -0.39 is 9.84 Å². The van der Waals surface area contributed by atoms with Gasteiger partial charge in [0.05, 0.1) is 11.0 Å². The van der Waals surface area contributed by atoms with E-state index in [2.05, 4.69) is 4.90 Å². The van der Waals surface area contributed by atoms with Gasteiger partial charge in [-0.1, -0.05) is 0 Å². The van der Waals surface area contributed by atoms with Crippen LogP contribution in [0.15, 0.2) is 0 Å². The molecule has 2 heterocycles. The fraction of sp³-hybridized carbons (Fsp3) is 1.00. The van der Waals surface area contributed by atoms with E-state index in [9.17, 15) is 8.42 Å². The highest BCUT2D eigenvalue weighted by molar-refractivity contribution is 7.92. The highest BCUT2D eigenvalue weighted by Gasteiger charge is 2.44. The van der Waals surface area contributed by atoms with Crippen molar-refractivity contribution in [3.8, 4) is 0 Å². The number of nitrogens with zero attached hydrogens (tertiary/aromatic N) is 1. The van der Waals surface area contributed by atoms with Crippen molar-refractivity contribution in [2.45, 2.75) is 11.7 Å². The van der Waals surface area contributed by atoms with Crippen molar-refractivity contribution in [2.24, 2.45) is 5.92 Å². The van der Waals surface area contributed by atoms with Crippen molar-refractivity contribution in [1.82, 2.24) is 4.90 Å². The smallest absolute Gasteiger partial charge is 0.154 e. The van der Waals surface area contributed by atoms with E-state index in [0.29, 0.717) is 11.7 Å². The van der Waals surface area contributed by atoms with E-state index in [4.69, 9.17) is 0 Å². The minimum Gasteiger partial charge on any atom is -0.305 e. The van der Waals surface area contributed by atoms with E-state index in [1.807, 2.05) is 7.05 Å². The highest BCUT2D eigenvalue weighted by atomic mass is 32.2. The third kappa shape index (κ3) is 1.08. The van der Waals surface area contributed by atoms with Gasteiger partial charge in [-0.25, -0.2) is 8.42 Å². The van der Waals surface area contributed by atoms with E-state index in [0.717, 1.165) is 19.5 Å². The summed E-state index contributed by atoms with van der Waals surface area (Å²) < 4.78 is 22.7. The molecule has 0 aromatic carbocycles. The largest absolute Gasteiger partial charge is 0.305 e. The average Bonchev–Trinajstić information content (AvgIpc) is 2.35. The summed E-state index contributed by atoms with van der Waals surface area (Å²) in [6.45, 7) is 1.73. The Bertz CT molecular complexity index is 260. The molecule has 0 aromatic heterocycles. The summed E-state index contributed by atoms with van der Waals surface area (Å²) in [5, 5.41) is -0.0347. The monoisotopic (exact) mass is 175 g/mol. The lowest BCUT2D eigenvalue weighted by Gasteiger charge is -2.07. The quantitative estimate of drug-likeness (QED) is 0.509. The lowest BCUT2D eigenvalue weighted by atomic mass is 10.1. The molecule has 11 heavy (non-hydrogen) atoms. The van der Waals surface area contributed by atoms with Gasteiger partial charge in [0.1, 0.15) is 0 Å². The van der Waals surface area contributed by atoms with E-state index in [-0.39, 0.29) is 5.25 Å². The fourth-order valence-corrected chi connectivity index (χ4v) is 4.42. The summed E-state index contributed by atoms with van der Waals surface area (Å²) >= 11 is 0. The van der Waals surface area contributed by atoms with E-state index in [1.165, 1.54) is 0 Å². The summed E-state index contributed by atoms with van der Waals surface area (Å²) in [6, 6.07) is 0. The van der Waals surface area contributed by atoms with Crippen LogP contribution < -0.4 is 0 Å². The number of hydrogen-bond donors (Lipinski definition) is 0. The zero-order valence-corrected chi connectivity index (χ0v) is 7.47. The van der Waals surface area contributed by atoms with Crippen LogP contribution in [0.25, 0.3) is 0 Å². The molecule has 2 aliphatic heterocycles. The van der Waals surface area contributed by atoms with Crippen LogP contribution in [-0.2, 0) is 9.84 Å². The molecule has 0 amide bonds. The molecule has 4 heteroatoms. The Labute approximate surface area is 67.3 Å². The zero-order valence-electron chi connectivity index (χ0n) is 6.66. The van der Waals surface area contributed by atoms with Gasteiger partial charge in [-0.05, 0) is 19.4 Å². The Morgan fingerprint density at radius 3 is 2.73 bits per heavy atom. The standard InChI is InChI=1S/C7H13NO2S/c1-8-4-6-2-3-11(9,10)7(6)5-8/h6-7H,2-5H2,1H3. The molecule has 0 aromatic rings. The molecule has 0 aliphatic carbocycles. The SMILES string of the molecule is CN1CC2CCS(=O)(=O)C2C1. The third-order valence-corrected chi connectivity index (χ3v) is 5.06. The maximum atomic E-state index is 11.4. The van der Waals surface area contributed by atoms with Crippen LogP contribution in [0.1, 0.15) is 6.42 Å². The number of hydrogen-bond acceptors (Lipinski definition) is 3. The molecule has 2 saturated heterocycles. The number of sulfone groups is 1. The van der Waals surface area contributed by atoms with Crippen molar-refractivity contribution >= 4 is 9.84 Å². The Morgan fingerprint density at radius 1 is 1.36 bits per heavy atom. The minimum atomic E-state index is -2.70. The molecule has 64 valence electrons. The molecule has 0 N–H and O–H groups in total. The van der Waals surface area contributed by atoms with Crippen LogP contribution in [0, 0.1) is 5.92 Å². The summed E-state index contributed by atoms with van der Waals surface area (Å²) in [6.07, 6.45) is 0.886. The lowest BCUT2D eigenvalue weighted by Crippen LogP contribution is -2.24. The topological polar surface area (TPSA) is 37.4 Å². The molecular weight excluding hydrogens is 162 g/mol. The fourth-order valence-electron chi connectivity index (χ4n) is 2.20. The molecule has 2 unspecified atom stereocenters. The Kier molecular flexibility index (Phi) is 1.51. The van der Waals surface area contributed by atoms with Gasteiger partial charge in [-0.3, -0.25) is 0 Å².